The molecule has 0 saturated carbocycles. The fourth-order valence-corrected chi connectivity index (χ4v) is 2.38. The minimum Gasteiger partial charge on any atom is -0.392 e. The van der Waals surface area contributed by atoms with Crippen LogP contribution in [0.25, 0.3) is 16.7 Å². The number of hydrogen-bond acceptors (Lipinski definition) is 2. The average molecular weight is 259 g/mol. The number of benzene rings is 2. The van der Waals surface area contributed by atoms with Crippen molar-refractivity contribution in [2.45, 2.75) is 6.61 Å². The zero-order chi connectivity index (χ0) is 12.5. The number of halogens is 1. The summed E-state index contributed by atoms with van der Waals surface area (Å²) in [5, 5.41) is 10.0. The SMILES string of the molecule is OCc1cccc(Cl)c1-n1cnc2ccccc21. The van der Waals surface area contributed by atoms with Gasteiger partial charge in [-0.15, -0.1) is 0 Å². The van der Waals surface area contributed by atoms with E-state index in [1.165, 1.54) is 0 Å². The molecule has 0 radical (unpaired) electrons. The van der Waals surface area contributed by atoms with Gasteiger partial charge >= 0.3 is 0 Å². The standard InChI is InChI=1S/C14H11ClN2O/c15-11-5-3-4-10(8-18)14(11)17-9-16-12-6-1-2-7-13(12)17/h1-7,9,18H,8H2. The lowest BCUT2D eigenvalue weighted by Gasteiger charge is -2.11. The molecule has 0 aliphatic heterocycles. The van der Waals surface area contributed by atoms with Gasteiger partial charge in [0, 0.05) is 5.56 Å². The molecule has 90 valence electrons. The molecule has 0 aliphatic rings. The maximum Gasteiger partial charge on any atom is 0.100 e. The van der Waals surface area contributed by atoms with Crippen LogP contribution in [0.4, 0.5) is 0 Å². The van der Waals surface area contributed by atoms with Crippen LogP contribution in [0.3, 0.4) is 0 Å². The van der Waals surface area contributed by atoms with Gasteiger partial charge in [-0.3, -0.25) is 4.57 Å². The first kappa shape index (κ1) is 11.3. The van der Waals surface area contributed by atoms with Crippen molar-refractivity contribution in [3.63, 3.8) is 0 Å². The van der Waals surface area contributed by atoms with Crippen molar-refractivity contribution in [3.8, 4) is 5.69 Å². The summed E-state index contributed by atoms with van der Waals surface area (Å²) in [6.45, 7) is -0.0532. The van der Waals surface area contributed by atoms with Crippen molar-refractivity contribution in [1.82, 2.24) is 9.55 Å². The molecule has 0 spiro atoms. The minimum absolute atomic E-state index is 0.0532. The van der Waals surface area contributed by atoms with E-state index in [0.717, 1.165) is 22.3 Å². The first-order chi connectivity index (χ1) is 8.81. The van der Waals surface area contributed by atoms with E-state index in [4.69, 9.17) is 11.6 Å². The second kappa shape index (κ2) is 4.44. The molecule has 3 aromatic rings. The highest BCUT2D eigenvalue weighted by Crippen LogP contribution is 2.27. The number of fused-ring (bicyclic) bond motifs is 1. The van der Waals surface area contributed by atoms with Crippen LogP contribution in [0.1, 0.15) is 5.56 Å². The molecule has 1 heterocycles. The molecule has 0 saturated heterocycles. The Morgan fingerprint density at radius 2 is 1.94 bits per heavy atom. The van der Waals surface area contributed by atoms with Crippen molar-refractivity contribution < 1.29 is 5.11 Å². The summed E-state index contributed by atoms with van der Waals surface area (Å²) >= 11 is 6.24. The van der Waals surface area contributed by atoms with Gasteiger partial charge in [0.05, 0.1) is 28.4 Å². The van der Waals surface area contributed by atoms with Crippen LogP contribution >= 0.6 is 11.6 Å². The van der Waals surface area contributed by atoms with Crippen LogP contribution in [0.15, 0.2) is 48.8 Å². The molecule has 0 aliphatic carbocycles. The van der Waals surface area contributed by atoms with E-state index in [1.54, 1.807) is 6.33 Å². The number of para-hydroxylation sites is 3. The van der Waals surface area contributed by atoms with Crippen LogP contribution in [0.5, 0.6) is 0 Å². The van der Waals surface area contributed by atoms with Crippen molar-refractivity contribution in [1.29, 1.82) is 0 Å². The molecule has 0 bridgehead atoms. The Hall–Kier alpha value is -1.84. The first-order valence-corrected chi connectivity index (χ1v) is 6.00. The van der Waals surface area contributed by atoms with Gasteiger partial charge in [-0.1, -0.05) is 35.9 Å². The van der Waals surface area contributed by atoms with Crippen LogP contribution in [-0.2, 0) is 6.61 Å². The minimum atomic E-state index is -0.0532. The monoisotopic (exact) mass is 258 g/mol. The van der Waals surface area contributed by atoms with Crippen LogP contribution in [0, 0.1) is 0 Å². The quantitative estimate of drug-likeness (QED) is 0.767. The lowest BCUT2D eigenvalue weighted by atomic mass is 10.2. The van der Waals surface area contributed by atoms with Crippen molar-refractivity contribution in [3.05, 3.63) is 59.4 Å². The van der Waals surface area contributed by atoms with E-state index < -0.39 is 0 Å². The van der Waals surface area contributed by atoms with Crippen LogP contribution < -0.4 is 0 Å². The van der Waals surface area contributed by atoms with Gasteiger partial charge in [-0.25, -0.2) is 4.98 Å². The Bertz CT molecular complexity index is 706. The average Bonchev–Trinajstić information content (AvgIpc) is 2.82. The second-order valence-corrected chi connectivity index (χ2v) is 4.42. The summed E-state index contributed by atoms with van der Waals surface area (Å²) in [5.41, 5.74) is 3.45. The number of nitrogens with zero attached hydrogens (tertiary/aromatic N) is 2. The predicted octanol–water partition coefficient (Wildman–Crippen LogP) is 3.17. The highest BCUT2D eigenvalue weighted by atomic mass is 35.5. The Balaban J connectivity index is 2.33. The zero-order valence-corrected chi connectivity index (χ0v) is 10.3. The van der Waals surface area contributed by atoms with Gasteiger partial charge in [-0.05, 0) is 18.2 Å². The topological polar surface area (TPSA) is 38.0 Å². The molecule has 0 unspecified atom stereocenters. The van der Waals surface area contributed by atoms with Crippen molar-refractivity contribution in [2.24, 2.45) is 0 Å². The summed E-state index contributed by atoms with van der Waals surface area (Å²) in [4.78, 5) is 4.33. The Morgan fingerprint density at radius 1 is 1.11 bits per heavy atom. The van der Waals surface area contributed by atoms with Gasteiger partial charge in [0.2, 0.25) is 0 Å². The number of aromatic nitrogens is 2. The molecule has 2 aromatic carbocycles. The van der Waals surface area contributed by atoms with Gasteiger partial charge in [-0.2, -0.15) is 0 Å². The van der Waals surface area contributed by atoms with E-state index in [0.29, 0.717) is 5.02 Å². The molecule has 3 rings (SSSR count). The van der Waals surface area contributed by atoms with E-state index in [1.807, 2.05) is 47.0 Å². The smallest absolute Gasteiger partial charge is 0.100 e. The van der Waals surface area contributed by atoms with Crippen LogP contribution in [-0.4, -0.2) is 14.7 Å². The predicted molar refractivity (Wildman–Crippen MR) is 72.0 cm³/mol. The second-order valence-electron chi connectivity index (χ2n) is 4.01. The van der Waals surface area contributed by atoms with Crippen molar-refractivity contribution in [2.75, 3.05) is 0 Å². The number of aliphatic hydroxyl groups excluding tert-OH is 1. The summed E-state index contributed by atoms with van der Waals surface area (Å²) in [7, 11) is 0. The van der Waals surface area contributed by atoms with Gasteiger partial charge in [0.1, 0.15) is 6.33 Å². The summed E-state index contributed by atoms with van der Waals surface area (Å²) < 4.78 is 1.91. The highest BCUT2D eigenvalue weighted by molar-refractivity contribution is 6.32. The third kappa shape index (κ3) is 1.68. The van der Waals surface area contributed by atoms with E-state index in [2.05, 4.69) is 4.98 Å². The molecule has 18 heavy (non-hydrogen) atoms. The first-order valence-electron chi connectivity index (χ1n) is 5.62. The van der Waals surface area contributed by atoms with E-state index in [9.17, 15) is 5.11 Å². The molecule has 0 fully saturated rings. The summed E-state index contributed by atoms with van der Waals surface area (Å²) in [6, 6.07) is 13.3. The fraction of sp³-hybridized carbons (Fsp3) is 0.0714. The van der Waals surface area contributed by atoms with Gasteiger partial charge < -0.3 is 5.11 Å². The number of aliphatic hydroxyl groups is 1. The number of imidazole rings is 1. The molecular formula is C14H11ClN2O. The summed E-state index contributed by atoms with van der Waals surface area (Å²) in [5.74, 6) is 0. The maximum atomic E-state index is 9.42. The normalized spacial score (nSPS) is 11.0. The molecule has 4 heteroatoms. The number of hydrogen-bond donors (Lipinski definition) is 1. The molecular weight excluding hydrogens is 248 g/mol. The van der Waals surface area contributed by atoms with Crippen molar-refractivity contribution >= 4 is 22.6 Å². The Kier molecular flexibility index (Phi) is 2.78. The highest BCUT2D eigenvalue weighted by Gasteiger charge is 2.11. The molecule has 3 nitrogen and oxygen atoms in total. The Morgan fingerprint density at radius 3 is 2.78 bits per heavy atom. The lowest BCUT2D eigenvalue weighted by Crippen LogP contribution is -1.99. The third-order valence-electron chi connectivity index (χ3n) is 2.94. The Labute approximate surface area is 109 Å². The van der Waals surface area contributed by atoms with Gasteiger partial charge in [0.15, 0.2) is 0 Å². The maximum absolute atomic E-state index is 9.42. The molecule has 1 N–H and O–H groups in total. The number of rotatable bonds is 2. The summed E-state index contributed by atoms with van der Waals surface area (Å²) in [6.07, 6.45) is 1.73. The van der Waals surface area contributed by atoms with E-state index in [-0.39, 0.29) is 6.61 Å². The fourth-order valence-electron chi connectivity index (χ4n) is 2.09. The zero-order valence-electron chi connectivity index (χ0n) is 9.55. The molecule has 0 atom stereocenters. The van der Waals surface area contributed by atoms with Gasteiger partial charge in [0.25, 0.3) is 0 Å². The largest absolute Gasteiger partial charge is 0.392 e. The van der Waals surface area contributed by atoms with Crippen LogP contribution in [0.2, 0.25) is 5.02 Å². The molecule has 0 amide bonds. The molecule has 1 aromatic heterocycles. The van der Waals surface area contributed by atoms with E-state index >= 15 is 0 Å². The lowest BCUT2D eigenvalue weighted by molar-refractivity contribution is 0.281. The third-order valence-corrected chi connectivity index (χ3v) is 3.24.